The van der Waals surface area contributed by atoms with E-state index in [0.717, 1.165) is 19.8 Å². The van der Waals surface area contributed by atoms with Crippen molar-refractivity contribution in [1.29, 1.82) is 0 Å². The molecular formula is C14H30Na2O5S. The first-order valence-corrected chi connectivity index (χ1v) is 8.90. The first-order chi connectivity index (χ1) is 9.48. The van der Waals surface area contributed by atoms with Gasteiger partial charge in [0.2, 0.25) is 0 Å². The molecule has 0 saturated carbocycles. The fraction of sp³-hybridized carbons (Fsp3) is 0.929. The van der Waals surface area contributed by atoms with Crippen LogP contribution < -0.4 is 59.1 Å². The number of unbranched alkanes of at least 4 members (excludes halogenated alkanes) is 9. The third-order valence-electron chi connectivity index (χ3n) is 2.94. The molecule has 0 saturated heterocycles. The van der Waals surface area contributed by atoms with Crippen molar-refractivity contribution >= 4 is 16.4 Å². The summed E-state index contributed by atoms with van der Waals surface area (Å²) < 4.78 is 30.7. The summed E-state index contributed by atoms with van der Waals surface area (Å²) in [7, 11) is -4.14. The predicted octanol–water partition coefficient (Wildman–Crippen LogP) is -2.04. The van der Waals surface area contributed by atoms with E-state index in [4.69, 9.17) is 0 Å². The molecule has 0 N–H and O–H groups in total. The Morgan fingerprint density at radius 2 is 1.27 bits per heavy atom. The van der Waals surface area contributed by atoms with Crippen molar-refractivity contribution in [2.45, 2.75) is 78.1 Å². The Morgan fingerprint density at radius 1 is 0.864 bits per heavy atom. The fourth-order valence-electron chi connectivity index (χ4n) is 1.92. The van der Waals surface area contributed by atoms with Gasteiger partial charge in [-0.05, 0) is 6.42 Å². The summed E-state index contributed by atoms with van der Waals surface area (Å²) in [4.78, 5) is 10.5. The molecule has 0 atom stereocenters. The van der Waals surface area contributed by atoms with Gasteiger partial charge in [-0.3, -0.25) is 4.79 Å². The maximum absolute atomic E-state index is 11.0. The van der Waals surface area contributed by atoms with Crippen LogP contribution in [-0.2, 0) is 23.6 Å². The molecule has 0 heterocycles. The summed E-state index contributed by atoms with van der Waals surface area (Å²) in [6, 6.07) is 0. The van der Waals surface area contributed by atoms with E-state index in [2.05, 4.69) is 15.3 Å². The molecule has 0 aromatic heterocycles. The van der Waals surface area contributed by atoms with Crippen LogP contribution in [0.1, 0.15) is 80.9 Å². The maximum atomic E-state index is 11.0. The van der Waals surface area contributed by atoms with Gasteiger partial charge in [0, 0.05) is 6.92 Å². The van der Waals surface area contributed by atoms with Gasteiger partial charge >= 0.3 is 75.5 Å². The molecule has 0 aliphatic rings. The van der Waals surface area contributed by atoms with Gasteiger partial charge in [0.1, 0.15) is 0 Å². The fourth-order valence-corrected chi connectivity index (χ4v) is 2.58. The Balaban J connectivity index is -0.000000301. The second kappa shape index (κ2) is 18.7. The van der Waals surface area contributed by atoms with Gasteiger partial charge in [-0.25, -0.2) is 4.18 Å². The smallest absolute Gasteiger partial charge is 1.00 e. The second-order valence-corrected chi connectivity index (χ2v) is 6.21. The van der Waals surface area contributed by atoms with E-state index in [1.807, 2.05) is 0 Å². The average molecular weight is 356 g/mol. The van der Waals surface area contributed by atoms with Crippen LogP contribution >= 0.6 is 0 Å². The van der Waals surface area contributed by atoms with Crippen LogP contribution in [0.3, 0.4) is 0 Å². The van der Waals surface area contributed by atoms with E-state index in [1.54, 1.807) is 0 Å². The summed E-state index contributed by atoms with van der Waals surface area (Å²) in [5.74, 6) is -0.881. The summed E-state index contributed by atoms with van der Waals surface area (Å²) in [6.07, 6.45) is 11.7. The van der Waals surface area contributed by atoms with Gasteiger partial charge in [0.15, 0.2) is 0 Å². The Labute approximate surface area is 183 Å². The van der Waals surface area contributed by atoms with Crippen molar-refractivity contribution in [3.8, 4) is 0 Å². The number of carbonyl (C=O) groups is 1. The second-order valence-electron chi connectivity index (χ2n) is 4.99. The summed E-state index contributed by atoms with van der Waals surface area (Å²) in [5.41, 5.74) is 0. The summed E-state index contributed by atoms with van der Waals surface area (Å²) >= 11 is 0. The van der Waals surface area contributed by atoms with Gasteiger partial charge in [0.05, 0.1) is 6.61 Å². The standard InChI is InChI=1S/C14H28O5S.2Na.2H/c1-3-4-5-6-7-8-9-10-11-12-13-18-20(16,17)19-14(2)15;;;;/h3-13H2,1-2H3;;;;/q;2*+1;2*-1. The van der Waals surface area contributed by atoms with E-state index in [9.17, 15) is 13.2 Å². The first kappa shape index (κ1) is 28.2. The van der Waals surface area contributed by atoms with Crippen molar-refractivity contribution in [3.63, 3.8) is 0 Å². The molecule has 5 nitrogen and oxygen atoms in total. The Bertz CT molecular complexity index is 357. The van der Waals surface area contributed by atoms with E-state index < -0.39 is 16.4 Å². The van der Waals surface area contributed by atoms with Crippen LogP contribution in [0.2, 0.25) is 0 Å². The van der Waals surface area contributed by atoms with E-state index in [-0.39, 0.29) is 68.6 Å². The zero-order valence-corrected chi connectivity index (χ0v) is 19.5. The quantitative estimate of drug-likeness (QED) is 0.281. The average Bonchev–Trinajstić information content (AvgIpc) is 2.34. The predicted molar refractivity (Wildman–Crippen MR) is 80.7 cm³/mol. The van der Waals surface area contributed by atoms with Gasteiger partial charge in [-0.2, -0.15) is 8.42 Å². The Hall–Kier alpha value is 1.38. The van der Waals surface area contributed by atoms with Crippen LogP contribution in [0.25, 0.3) is 0 Å². The van der Waals surface area contributed by atoms with Crippen molar-refractivity contribution in [3.05, 3.63) is 0 Å². The van der Waals surface area contributed by atoms with Crippen molar-refractivity contribution in [2.24, 2.45) is 0 Å². The monoisotopic (exact) mass is 356 g/mol. The number of rotatable bonds is 13. The molecular weight excluding hydrogens is 326 g/mol. The topological polar surface area (TPSA) is 69.7 Å². The van der Waals surface area contributed by atoms with E-state index in [0.29, 0.717) is 6.42 Å². The number of carbonyl (C=O) groups excluding carboxylic acids is 1. The molecule has 8 heteroatoms. The molecule has 0 amide bonds. The van der Waals surface area contributed by atoms with Crippen molar-refractivity contribution in [2.75, 3.05) is 6.61 Å². The molecule has 0 rings (SSSR count). The van der Waals surface area contributed by atoms with Gasteiger partial charge in [-0.15, -0.1) is 0 Å². The molecule has 0 radical (unpaired) electrons. The van der Waals surface area contributed by atoms with Gasteiger partial charge in [-0.1, -0.05) is 64.7 Å². The third kappa shape index (κ3) is 21.4. The zero-order valence-electron chi connectivity index (χ0n) is 16.7. The summed E-state index contributed by atoms with van der Waals surface area (Å²) in [6.45, 7) is 3.32. The van der Waals surface area contributed by atoms with E-state index in [1.165, 1.54) is 44.9 Å². The minimum atomic E-state index is -4.14. The van der Waals surface area contributed by atoms with E-state index >= 15 is 0 Å². The molecule has 0 aliphatic heterocycles. The SMILES string of the molecule is CCCCCCCCCCCCOS(=O)(=O)OC(C)=O.[H-].[H-].[Na+].[Na+]. The first-order valence-electron chi connectivity index (χ1n) is 7.57. The minimum Gasteiger partial charge on any atom is -1.00 e. The van der Waals surface area contributed by atoms with Crippen LogP contribution in [0, 0.1) is 0 Å². The number of hydrogen-bond donors (Lipinski definition) is 0. The van der Waals surface area contributed by atoms with Crippen molar-refractivity contribution in [1.82, 2.24) is 0 Å². The molecule has 0 aromatic rings. The molecule has 124 valence electrons. The molecule has 0 spiro atoms. The molecule has 0 aliphatic carbocycles. The normalized spacial score (nSPS) is 10.5. The Kier molecular flexibility index (Phi) is 24.0. The van der Waals surface area contributed by atoms with Crippen LogP contribution in [0.15, 0.2) is 0 Å². The van der Waals surface area contributed by atoms with Crippen LogP contribution in [-0.4, -0.2) is 21.0 Å². The Morgan fingerprint density at radius 3 is 1.68 bits per heavy atom. The summed E-state index contributed by atoms with van der Waals surface area (Å²) in [5, 5.41) is 0. The van der Waals surface area contributed by atoms with Crippen LogP contribution in [0.4, 0.5) is 0 Å². The third-order valence-corrected chi connectivity index (χ3v) is 3.84. The zero-order chi connectivity index (χ0) is 15.3. The molecule has 0 bridgehead atoms. The van der Waals surface area contributed by atoms with Gasteiger partial charge in [0.25, 0.3) is 0 Å². The molecule has 0 aromatic carbocycles. The van der Waals surface area contributed by atoms with Crippen LogP contribution in [0.5, 0.6) is 0 Å². The number of hydrogen-bond acceptors (Lipinski definition) is 5. The minimum absolute atomic E-state index is 0. The van der Waals surface area contributed by atoms with Gasteiger partial charge < -0.3 is 7.04 Å². The van der Waals surface area contributed by atoms with Crippen molar-refractivity contribution < 1.29 is 83.5 Å². The molecule has 22 heavy (non-hydrogen) atoms. The molecule has 0 unspecified atom stereocenters. The largest absolute Gasteiger partial charge is 1.00 e. The molecule has 0 fully saturated rings. The maximum Gasteiger partial charge on any atom is 1.00 e.